The Labute approximate surface area is 179 Å². The number of amides is 1. The van der Waals surface area contributed by atoms with Gasteiger partial charge in [0.1, 0.15) is 6.61 Å². The summed E-state index contributed by atoms with van der Waals surface area (Å²) in [7, 11) is 1.55. The van der Waals surface area contributed by atoms with E-state index in [-0.39, 0.29) is 5.91 Å². The van der Waals surface area contributed by atoms with E-state index in [9.17, 15) is 4.79 Å². The molecule has 5 nitrogen and oxygen atoms in total. The maximum absolute atomic E-state index is 12.5. The fourth-order valence-corrected chi connectivity index (χ4v) is 3.57. The zero-order valence-electron chi connectivity index (χ0n) is 16.6. The lowest BCUT2D eigenvalue weighted by Gasteiger charge is -2.12. The molecule has 0 atom stereocenters. The molecule has 0 spiro atoms. The minimum absolute atomic E-state index is 0.188. The number of ether oxygens (including phenoxy) is 2. The number of halogens is 1. The number of nitrogens with one attached hydrogen (secondary N) is 1. The van der Waals surface area contributed by atoms with E-state index in [1.54, 1.807) is 36.6 Å². The molecular weight excluding hydrogens is 408 g/mol. The van der Waals surface area contributed by atoms with E-state index >= 15 is 0 Å². The van der Waals surface area contributed by atoms with Gasteiger partial charge in [0.05, 0.1) is 24.4 Å². The van der Waals surface area contributed by atoms with Gasteiger partial charge in [0.15, 0.2) is 11.5 Å². The molecule has 1 amide bonds. The Morgan fingerprint density at radius 1 is 1.17 bits per heavy atom. The fourth-order valence-electron chi connectivity index (χ4n) is 2.61. The molecule has 0 aliphatic carbocycles. The Balaban J connectivity index is 1.62. The molecule has 0 fully saturated rings. The number of rotatable bonds is 8. The van der Waals surface area contributed by atoms with Gasteiger partial charge >= 0.3 is 0 Å². The van der Waals surface area contributed by atoms with Gasteiger partial charge in [0.25, 0.3) is 5.91 Å². The third-order valence-corrected chi connectivity index (χ3v) is 5.67. The third kappa shape index (κ3) is 5.71. The molecule has 3 aromatic rings. The highest BCUT2D eigenvalue weighted by molar-refractivity contribution is 7.09. The van der Waals surface area contributed by atoms with Gasteiger partial charge in [-0.15, -0.1) is 11.3 Å². The summed E-state index contributed by atoms with van der Waals surface area (Å²) in [6.07, 6.45) is 0. The van der Waals surface area contributed by atoms with Gasteiger partial charge in [-0.05, 0) is 35.9 Å². The maximum atomic E-state index is 12.5. The molecular formula is C22H23ClN2O3S. The molecule has 3 rings (SSSR count). The molecule has 1 N–H and O–H groups in total. The van der Waals surface area contributed by atoms with Crippen LogP contribution in [0.4, 0.5) is 0 Å². The normalized spacial score (nSPS) is 10.8. The van der Waals surface area contributed by atoms with Crippen LogP contribution in [0.15, 0.2) is 47.8 Å². The first-order chi connectivity index (χ1) is 14.0. The first kappa shape index (κ1) is 21.1. The van der Waals surface area contributed by atoms with Crippen LogP contribution in [-0.4, -0.2) is 18.0 Å². The average molecular weight is 431 g/mol. The smallest absolute Gasteiger partial charge is 0.251 e. The van der Waals surface area contributed by atoms with E-state index in [0.29, 0.717) is 41.2 Å². The van der Waals surface area contributed by atoms with Gasteiger partial charge in [-0.25, -0.2) is 4.98 Å². The molecule has 1 heterocycles. The van der Waals surface area contributed by atoms with Crippen molar-refractivity contribution in [1.82, 2.24) is 10.3 Å². The first-order valence-corrected chi connectivity index (χ1v) is 10.5. The van der Waals surface area contributed by atoms with Crippen LogP contribution in [0.25, 0.3) is 0 Å². The van der Waals surface area contributed by atoms with E-state index in [2.05, 4.69) is 24.1 Å². The van der Waals surface area contributed by atoms with Crippen molar-refractivity contribution in [2.75, 3.05) is 7.11 Å². The summed E-state index contributed by atoms with van der Waals surface area (Å²) in [6.45, 7) is 4.97. The largest absolute Gasteiger partial charge is 0.493 e. The molecule has 0 aliphatic heterocycles. The van der Waals surface area contributed by atoms with Crippen molar-refractivity contribution in [1.29, 1.82) is 0 Å². The number of hydrogen-bond acceptors (Lipinski definition) is 5. The van der Waals surface area contributed by atoms with Crippen LogP contribution in [-0.2, 0) is 13.2 Å². The van der Waals surface area contributed by atoms with Crippen LogP contribution in [0.5, 0.6) is 11.5 Å². The quantitative estimate of drug-likeness (QED) is 0.517. The lowest BCUT2D eigenvalue weighted by molar-refractivity contribution is 0.0950. The minimum Gasteiger partial charge on any atom is -0.493 e. The standard InChI is InChI=1S/C22H23ClN2O3S/c1-14(2)22-25-18(13-29-22)11-24-21(26)16-6-9-19(20(10-16)27-3)28-12-15-4-7-17(23)8-5-15/h4-10,13-14H,11-12H2,1-3H3,(H,24,26). The SMILES string of the molecule is COc1cc(C(=O)NCc2csc(C(C)C)n2)ccc1OCc1ccc(Cl)cc1. The maximum Gasteiger partial charge on any atom is 0.251 e. The van der Waals surface area contributed by atoms with E-state index in [1.165, 1.54) is 0 Å². The van der Waals surface area contributed by atoms with Crippen molar-refractivity contribution >= 4 is 28.8 Å². The molecule has 0 radical (unpaired) electrons. The second kappa shape index (κ2) is 9.76. The number of benzene rings is 2. The second-order valence-corrected chi connectivity index (χ2v) is 8.12. The first-order valence-electron chi connectivity index (χ1n) is 9.24. The number of carbonyl (C=O) groups is 1. The summed E-state index contributed by atoms with van der Waals surface area (Å²) in [5.41, 5.74) is 2.35. The van der Waals surface area contributed by atoms with E-state index in [0.717, 1.165) is 16.3 Å². The summed E-state index contributed by atoms with van der Waals surface area (Å²) >= 11 is 7.51. The summed E-state index contributed by atoms with van der Waals surface area (Å²) in [6, 6.07) is 12.6. The molecule has 2 aromatic carbocycles. The fraction of sp³-hybridized carbons (Fsp3) is 0.273. The topological polar surface area (TPSA) is 60.5 Å². The van der Waals surface area contributed by atoms with E-state index in [1.807, 2.05) is 29.6 Å². The molecule has 29 heavy (non-hydrogen) atoms. The molecule has 1 aromatic heterocycles. The Bertz CT molecular complexity index is 970. The Hall–Kier alpha value is -2.57. The monoisotopic (exact) mass is 430 g/mol. The number of hydrogen-bond donors (Lipinski definition) is 1. The molecule has 7 heteroatoms. The number of carbonyl (C=O) groups excluding carboxylic acids is 1. The molecule has 0 bridgehead atoms. The Morgan fingerprint density at radius 3 is 2.59 bits per heavy atom. The number of thiazole rings is 1. The van der Waals surface area contributed by atoms with Gasteiger partial charge in [0, 0.05) is 21.9 Å². The molecule has 0 aliphatic rings. The van der Waals surface area contributed by atoms with Gasteiger partial charge in [-0.3, -0.25) is 4.79 Å². The summed E-state index contributed by atoms with van der Waals surface area (Å²) in [5.74, 6) is 1.27. The van der Waals surface area contributed by atoms with Gasteiger partial charge < -0.3 is 14.8 Å². The minimum atomic E-state index is -0.188. The van der Waals surface area contributed by atoms with Crippen LogP contribution in [0.3, 0.4) is 0 Å². The van der Waals surface area contributed by atoms with Crippen LogP contribution in [0, 0.1) is 0 Å². The Morgan fingerprint density at radius 2 is 1.93 bits per heavy atom. The lowest BCUT2D eigenvalue weighted by Crippen LogP contribution is -2.23. The van der Waals surface area contributed by atoms with E-state index in [4.69, 9.17) is 21.1 Å². The molecule has 0 saturated heterocycles. The second-order valence-electron chi connectivity index (χ2n) is 6.80. The predicted molar refractivity (Wildman–Crippen MR) is 116 cm³/mol. The number of nitrogens with zero attached hydrogens (tertiary/aromatic N) is 1. The van der Waals surface area contributed by atoms with Gasteiger partial charge in [-0.1, -0.05) is 37.6 Å². The van der Waals surface area contributed by atoms with Gasteiger partial charge in [0.2, 0.25) is 0 Å². The molecule has 0 saturated carbocycles. The van der Waals surface area contributed by atoms with Crippen molar-refractivity contribution < 1.29 is 14.3 Å². The van der Waals surface area contributed by atoms with Gasteiger partial charge in [-0.2, -0.15) is 0 Å². The van der Waals surface area contributed by atoms with Crippen molar-refractivity contribution in [3.05, 3.63) is 74.7 Å². The predicted octanol–water partition coefficient (Wildman–Crippen LogP) is 5.44. The summed E-state index contributed by atoms with van der Waals surface area (Å²) in [4.78, 5) is 17.0. The van der Waals surface area contributed by atoms with Crippen LogP contribution in [0.1, 0.15) is 46.4 Å². The third-order valence-electron chi connectivity index (χ3n) is 4.23. The zero-order valence-corrected chi connectivity index (χ0v) is 18.1. The average Bonchev–Trinajstić information content (AvgIpc) is 3.21. The van der Waals surface area contributed by atoms with Crippen LogP contribution >= 0.6 is 22.9 Å². The van der Waals surface area contributed by atoms with Crippen LogP contribution in [0.2, 0.25) is 5.02 Å². The van der Waals surface area contributed by atoms with Crippen LogP contribution < -0.4 is 14.8 Å². The van der Waals surface area contributed by atoms with Crippen molar-refractivity contribution in [2.45, 2.75) is 32.9 Å². The summed E-state index contributed by atoms with van der Waals surface area (Å²) < 4.78 is 11.2. The van der Waals surface area contributed by atoms with Crippen molar-refractivity contribution in [3.8, 4) is 11.5 Å². The highest BCUT2D eigenvalue weighted by atomic mass is 35.5. The molecule has 152 valence electrons. The Kier molecular flexibility index (Phi) is 7.12. The van der Waals surface area contributed by atoms with Crippen molar-refractivity contribution in [2.24, 2.45) is 0 Å². The highest BCUT2D eigenvalue weighted by Gasteiger charge is 2.13. The summed E-state index contributed by atoms with van der Waals surface area (Å²) in [5, 5.41) is 6.62. The highest BCUT2D eigenvalue weighted by Crippen LogP contribution is 2.29. The number of aromatic nitrogens is 1. The zero-order chi connectivity index (χ0) is 20.8. The van der Waals surface area contributed by atoms with E-state index < -0.39 is 0 Å². The number of methoxy groups -OCH3 is 1. The van der Waals surface area contributed by atoms with Crippen molar-refractivity contribution in [3.63, 3.8) is 0 Å². The lowest BCUT2D eigenvalue weighted by atomic mass is 10.2. The molecule has 0 unspecified atom stereocenters.